The molecule has 1 aliphatic carbocycles. The van der Waals surface area contributed by atoms with Crippen molar-refractivity contribution < 1.29 is 0 Å². The second-order valence-electron chi connectivity index (χ2n) is 5.59. The molecule has 110 valence electrons. The molecule has 0 unspecified atom stereocenters. The zero-order chi connectivity index (χ0) is 14.7. The Labute approximate surface area is 137 Å². The first-order chi connectivity index (χ1) is 10.1. The largest absolute Gasteiger partial charge is 0.347 e. The number of nitrogens with zero attached hydrogens (tertiary/aromatic N) is 3. The van der Waals surface area contributed by atoms with E-state index in [0.29, 0.717) is 6.54 Å². The van der Waals surface area contributed by atoms with E-state index in [1.165, 1.54) is 4.57 Å². The zero-order valence-electron chi connectivity index (χ0n) is 11.0. The van der Waals surface area contributed by atoms with Gasteiger partial charge in [0.15, 0.2) is 0 Å². The molecular weight excluding hydrogens is 402 g/mol. The van der Waals surface area contributed by atoms with Crippen molar-refractivity contribution in [2.45, 2.75) is 34.7 Å². The predicted octanol–water partition coefficient (Wildman–Crippen LogP) is 1.89. The van der Waals surface area contributed by atoms with Gasteiger partial charge in [0, 0.05) is 0 Å². The van der Waals surface area contributed by atoms with Crippen LogP contribution >= 0.6 is 31.9 Å². The van der Waals surface area contributed by atoms with Crippen molar-refractivity contribution in [1.29, 1.82) is 0 Å². The Morgan fingerprint density at radius 2 is 1.48 bits per heavy atom. The fourth-order valence-corrected chi connectivity index (χ4v) is 5.00. The predicted molar refractivity (Wildman–Crippen MR) is 86.6 cm³/mol. The lowest BCUT2D eigenvalue weighted by atomic mass is 10.2. The summed E-state index contributed by atoms with van der Waals surface area (Å²) >= 11 is 7.27. The average Bonchev–Trinajstić information content (AvgIpc) is 3.09. The maximum Gasteiger partial charge on any atom is 0.347 e. The number of alkyl halides is 2. The van der Waals surface area contributed by atoms with Crippen molar-refractivity contribution in [3.63, 3.8) is 0 Å². The second-order valence-corrected chi connectivity index (χ2v) is 7.70. The summed E-state index contributed by atoms with van der Waals surface area (Å²) in [6.07, 6.45) is 0.836. The number of hydrogen-bond acceptors (Lipinski definition) is 2. The Bertz CT molecular complexity index is 762. The van der Waals surface area contributed by atoms with Crippen LogP contribution in [0.1, 0.15) is 24.1 Å². The topological polar surface area (TPSA) is 48.9 Å². The van der Waals surface area contributed by atoms with Crippen LogP contribution in [0.5, 0.6) is 0 Å². The summed E-state index contributed by atoms with van der Waals surface area (Å²) in [5, 5.41) is 0. The minimum atomic E-state index is -0.208. The van der Waals surface area contributed by atoms with Crippen LogP contribution in [0.15, 0.2) is 39.9 Å². The Balaban J connectivity index is 1.83. The van der Waals surface area contributed by atoms with Crippen LogP contribution in [-0.2, 0) is 6.54 Å². The van der Waals surface area contributed by atoms with Gasteiger partial charge < -0.3 is 0 Å². The fraction of sp³-hybridized carbons (Fsp3) is 0.429. The van der Waals surface area contributed by atoms with Crippen molar-refractivity contribution in [2.24, 2.45) is 0 Å². The highest BCUT2D eigenvalue weighted by atomic mass is 79.9. The molecule has 5 nitrogen and oxygen atoms in total. The molecule has 0 amide bonds. The first kappa shape index (κ1) is 13.6. The van der Waals surface area contributed by atoms with E-state index in [1.807, 2.05) is 30.3 Å². The highest BCUT2D eigenvalue weighted by Gasteiger charge is 2.51. The molecule has 0 saturated heterocycles. The minimum Gasteiger partial charge on any atom is -0.246 e. The molecule has 7 heteroatoms. The number of hydrogen-bond donors (Lipinski definition) is 0. The smallest absolute Gasteiger partial charge is 0.246 e. The molecular formula is C14H13Br2N3O2. The van der Waals surface area contributed by atoms with Crippen LogP contribution in [0.2, 0.25) is 0 Å². The van der Waals surface area contributed by atoms with Gasteiger partial charge in [-0.25, -0.2) is 23.5 Å². The Morgan fingerprint density at radius 1 is 0.952 bits per heavy atom. The highest BCUT2D eigenvalue weighted by molar-refractivity contribution is 9.12. The second kappa shape index (κ2) is 4.71. The van der Waals surface area contributed by atoms with Gasteiger partial charge in [-0.3, -0.25) is 0 Å². The van der Waals surface area contributed by atoms with E-state index in [2.05, 4.69) is 31.9 Å². The third-order valence-electron chi connectivity index (χ3n) is 4.42. The standard InChI is InChI=1S/C14H13Br2N3O2/c15-11-9-6-10(12(11)16)19-14(21)17(13(20)18(9)19)7-8-4-2-1-3-5-8/h1-5,9-12H,6-7H2/t9-,10+,11-,12+. The van der Waals surface area contributed by atoms with E-state index in [4.69, 9.17) is 0 Å². The average molecular weight is 415 g/mol. The van der Waals surface area contributed by atoms with Gasteiger partial charge in [0.2, 0.25) is 0 Å². The summed E-state index contributed by atoms with van der Waals surface area (Å²) in [7, 11) is 0. The molecule has 1 aromatic carbocycles. The molecule has 1 aromatic heterocycles. The third kappa shape index (κ3) is 1.80. The monoisotopic (exact) mass is 413 g/mol. The van der Waals surface area contributed by atoms with Gasteiger partial charge in [0.25, 0.3) is 0 Å². The molecule has 0 N–H and O–H groups in total. The molecule has 2 aromatic rings. The summed E-state index contributed by atoms with van der Waals surface area (Å²) in [5.74, 6) is 0. The lowest BCUT2D eigenvalue weighted by Gasteiger charge is -2.24. The normalized spacial score (nSPS) is 29.8. The number of rotatable bonds is 2. The quantitative estimate of drug-likeness (QED) is 0.704. The summed E-state index contributed by atoms with van der Waals surface area (Å²) in [6, 6.07) is 9.70. The number of halogens is 2. The Kier molecular flexibility index (Phi) is 3.04. The SMILES string of the molecule is O=c1n(Cc2ccccc2)c(=O)n2n1[C@@H]1C[C@H]2[C@H](Br)[C@@H]1Br. The van der Waals surface area contributed by atoms with E-state index in [9.17, 15) is 9.59 Å². The molecule has 0 spiro atoms. The lowest BCUT2D eigenvalue weighted by Crippen LogP contribution is -2.38. The van der Waals surface area contributed by atoms with Gasteiger partial charge in [0.1, 0.15) is 0 Å². The minimum absolute atomic E-state index is 0.0524. The van der Waals surface area contributed by atoms with Gasteiger partial charge in [-0.15, -0.1) is 0 Å². The van der Waals surface area contributed by atoms with Crippen molar-refractivity contribution >= 4 is 31.9 Å². The van der Waals surface area contributed by atoms with Crippen molar-refractivity contribution in [1.82, 2.24) is 13.9 Å². The van der Waals surface area contributed by atoms with Crippen LogP contribution in [0.25, 0.3) is 0 Å². The van der Waals surface area contributed by atoms with Crippen LogP contribution in [-0.4, -0.2) is 23.6 Å². The van der Waals surface area contributed by atoms with E-state index in [-0.39, 0.29) is 33.1 Å². The third-order valence-corrected chi connectivity index (χ3v) is 7.49. The summed E-state index contributed by atoms with van der Waals surface area (Å²) in [6.45, 7) is 0.324. The number of benzene rings is 1. The molecule has 1 aliphatic heterocycles. The summed E-state index contributed by atoms with van der Waals surface area (Å²) < 4.78 is 4.60. The molecule has 4 atom stereocenters. The lowest BCUT2D eigenvalue weighted by molar-refractivity contribution is 0.395. The van der Waals surface area contributed by atoms with Crippen LogP contribution in [0.3, 0.4) is 0 Å². The summed E-state index contributed by atoms with van der Waals surface area (Å²) in [4.78, 5) is 25.6. The fourth-order valence-electron chi connectivity index (χ4n) is 3.42. The van der Waals surface area contributed by atoms with Crippen molar-refractivity contribution in [3.05, 3.63) is 56.9 Å². The molecule has 2 aliphatic rings. The van der Waals surface area contributed by atoms with Gasteiger partial charge in [0.05, 0.1) is 28.3 Å². The Hall–Kier alpha value is -1.08. The first-order valence-electron chi connectivity index (χ1n) is 6.85. The van der Waals surface area contributed by atoms with Crippen LogP contribution < -0.4 is 11.4 Å². The summed E-state index contributed by atoms with van der Waals surface area (Å²) in [5.41, 5.74) is 0.542. The first-order valence-corrected chi connectivity index (χ1v) is 8.68. The van der Waals surface area contributed by atoms with E-state index in [0.717, 1.165) is 12.0 Å². The zero-order valence-corrected chi connectivity index (χ0v) is 14.2. The van der Waals surface area contributed by atoms with Crippen LogP contribution in [0.4, 0.5) is 0 Å². The molecule has 1 saturated carbocycles. The van der Waals surface area contributed by atoms with Crippen molar-refractivity contribution in [3.8, 4) is 0 Å². The molecule has 0 radical (unpaired) electrons. The van der Waals surface area contributed by atoms with Crippen molar-refractivity contribution in [2.75, 3.05) is 0 Å². The molecule has 4 rings (SSSR count). The van der Waals surface area contributed by atoms with Gasteiger partial charge in [-0.1, -0.05) is 62.2 Å². The maximum atomic E-state index is 12.6. The number of fused-ring (bicyclic) bond motifs is 5. The van der Waals surface area contributed by atoms with Crippen LogP contribution in [0, 0.1) is 0 Å². The van der Waals surface area contributed by atoms with E-state index in [1.54, 1.807) is 9.36 Å². The highest BCUT2D eigenvalue weighted by Crippen LogP contribution is 2.49. The van der Waals surface area contributed by atoms with Gasteiger partial charge in [-0.05, 0) is 12.0 Å². The number of aromatic nitrogens is 3. The Morgan fingerprint density at radius 3 is 2.00 bits per heavy atom. The molecule has 1 fully saturated rings. The van der Waals surface area contributed by atoms with E-state index < -0.39 is 0 Å². The van der Waals surface area contributed by atoms with Gasteiger partial charge >= 0.3 is 11.4 Å². The van der Waals surface area contributed by atoms with E-state index >= 15 is 0 Å². The molecule has 2 heterocycles. The molecule has 21 heavy (non-hydrogen) atoms. The molecule has 2 bridgehead atoms. The maximum absolute atomic E-state index is 12.6. The van der Waals surface area contributed by atoms with Gasteiger partial charge in [-0.2, -0.15) is 0 Å².